The lowest BCUT2D eigenvalue weighted by Crippen LogP contribution is -2.36. The molecular weight excluding hydrogens is 172 g/mol. The molecule has 1 saturated heterocycles. The molecule has 0 aromatic carbocycles. The van der Waals surface area contributed by atoms with Crippen LogP contribution in [-0.4, -0.2) is 25.7 Å². The lowest BCUT2D eigenvalue weighted by molar-refractivity contribution is 0.325. The van der Waals surface area contributed by atoms with E-state index in [1.807, 2.05) is 0 Å². The maximum Gasteiger partial charge on any atom is 0.0122 e. The molecule has 1 unspecified atom stereocenters. The van der Waals surface area contributed by atoms with E-state index in [0.717, 1.165) is 5.92 Å². The quantitative estimate of drug-likeness (QED) is 0.723. The molecule has 0 radical (unpaired) electrons. The summed E-state index contributed by atoms with van der Waals surface area (Å²) in [6, 6.07) is 0. The molecule has 0 spiro atoms. The average Bonchev–Trinajstić information content (AvgIpc) is 2.43. The van der Waals surface area contributed by atoms with E-state index in [1.54, 1.807) is 0 Å². The summed E-state index contributed by atoms with van der Waals surface area (Å²) < 4.78 is 0. The van der Waals surface area contributed by atoms with Gasteiger partial charge in [0, 0.05) is 5.54 Å². The molecule has 84 valence electrons. The van der Waals surface area contributed by atoms with Crippen LogP contribution in [0, 0.1) is 5.92 Å². The normalized spacial score (nSPS) is 24.6. The second-order valence-electron chi connectivity index (χ2n) is 5.22. The highest BCUT2D eigenvalue weighted by Gasteiger charge is 2.18. The minimum Gasteiger partial charge on any atom is -0.317 e. The zero-order valence-corrected chi connectivity index (χ0v) is 10.0. The first-order chi connectivity index (χ1) is 6.64. The van der Waals surface area contributed by atoms with Crippen LogP contribution in [0.5, 0.6) is 0 Å². The summed E-state index contributed by atoms with van der Waals surface area (Å²) in [5, 5.41) is 6.85. The fourth-order valence-electron chi connectivity index (χ4n) is 2.07. The lowest BCUT2D eigenvalue weighted by Gasteiger charge is -2.26. The van der Waals surface area contributed by atoms with Gasteiger partial charge in [-0.3, -0.25) is 0 Å². The monoisotopic (exact) mass is 198 g/mol. The first kappa shape index (κ1) is 12.0. The van der Waals surface area contributed by atoms with E-state index in [0.29, 0.717) is 5.54 Å². The molecule has 2 heteroatoms. The van der Waals surface area contributed by atoms with E-state index in [2.05, 4.69) is 31.5 Å². The first-order valence-corrected chi connectivity index (χ1v) is 6.04. The van der Waals surface area contributed by atoms with Gasteiger partial charge in [0.2, 0.25) is 0 Å². The van der Waals surface area contributed by atoms with Gasteiger partial charge in [0.1, 0.15) is 0 Å². The first-order valence-electron chi connectivity index (χ1n) is 6.04. The van der Waals surface area contributed by atoms with Crippen molar-refractivity contribution in [3.05, 3.63) is 0 Å². The van der Waals surface area contributed by atoms with Crippen molar-refractivity contribution in [2.75, 3.05) is 20.1 Å². The highest BCUT2D eigenvalue weighted by molar-refractivity contribution is 4.77. The molecule has 1 atom stereocenters. The van der Waals surface area contributed by atoms with E-state index >= 15 is 0 Å². The molecule has 1 fully saturated rings. The average molecular weight is 198 g/mol. The zero-order valence-electron chi connectivity index (χ0n) is 10.0. The van der Waals surface area contributed by atoms with Crippen LogP contribution >= 0.6 is 0 Å². The Morgan fingerprint density at radius 1 is 1.29 bits per heavy atom. The maximum atomic E-state index is 3.47. The third-order valence-electron chi connectivity index (χ3n) is 3.55. The molecule has 1 aliphatic heterocycles. The number of rotatable bonds is 4. The number of hydrogen-bond donors (Lipinski definition) is 2. The lowest BCUT2D eigenvalue weighted by atomic mass is 9.89. The smallest absolute Gasteiger partial charge is 0.0122 e. The molecule has 1 rings (SSSR count). The molecule has 1 heterocycles. The van der Waals surface area contributed by atoms with Crippen molar-refractivity contribution in [1.29, 1.82) is 0 Å². The zero-order chi connectivity index (χ0) is 10.4. The van der Waals surface area contributed by atoms with Crippen molar-refractivity contribution in [1.82, 2.24) is 10.6 Å². The highest BCUT2D eigenvalue weighted by atomic mass is 14.9. The van der Waals surface area contributed by atoms with Crippen LogP contribution in [0.15, 0.2) is 0 Å². The van der Waals surface area contributed by atoms with Gasteiger partial charge in [0.05, 0.1) is 0 Å². The number of hydrogen-bond acceptors (Lipinski definition) is 2. The third-order valence-corrected chi connectivity index (χ3v) is 3.55. The summed E-state index contributed by atoms with van der Waals surface area (Å²) in [7, 11) is 2.06. The molecule has 1 aliphatic rings. The standard InChI is InChI=1S/C12H26N2/c1-12(2,13-3)8-6-11-5-4-9-14-10-7-11/h11,13-14H,4-10H2,1-3H3. The number of nitrogens with one attached hydrogen (secondary N) is 2. The van der Waals surface area contributed by atoms with Crippen LogP contribution in [0.3, 0.4) is 0 Å². The molecule has 0 aromatic heterocycles. The predicted molar refractivity (Wildman–Crippen MR) is 62.6 cm³/mol. The van der Waals surface area contributed by atoms with Gasteiger partial charge in [0.25, 0.3) is 0 Å². The Labute approximate surface area is 88.8 Å². The molecule has 0 bridgehead atoms. The summed E-state index contributed by atoms with van der Waals surface area (Å²) in [4.78, 5) is 0. The van der Waals surface area contributed by atoms with Gasteiger partial charge in [-0.2, -0.15) is 0 Å². The maximum absolute atomic E-state index is 3.47. The minimum absolute atomic E-state index is 0.319. The third kappa shape index (κ3) is 4.43. The highest BCUT2D eigenvalue weighted by Crippen LogP contribution is 2.23. The molecule has 0 aliphatic carbocycles. The van der Waals surface area contributed by atoms with Crippen LogP contribution in [0.4, 0.5) is 0 Å². The van der Waals surface area contributed by atoms with Crippen LogP contribution in [0.1, 0.15) is 46.0 Å². The van der Waals surface area contributed by atoms with Gasteiger partial charge in [0.15, 0.2) is 0 Å². The Morgan fingerprint density at radius 2 is 2.07 bits per heavy atom. The summed E-state index contributed by atoms with van der Waals surface area (Å²) in [5.74, 6) is 0.956. The van der Waals surface area contributed by atoms with Crippen LogP contribution < -0.4 is 10.6 Å². The van der Waals surface area contributed by atoms with Crippen molar-refractivity contribution >= 4 is 0 Å². The topological polar surface area (TPSA) is 24.1 Å². The van der Waals surface area contributed by atoms with Crippen molar-refractivity contribution in [2.24, 2.45) is 5.92 Å². The Morgan fingerprint density at radius 3 is 2.79 bits per heavy atom. The second kappa shape index (κ2) is 5.72. The van der Waals surface area contributed by atoms with Crippen LogP contribution in [0.2, 0.25) is 0 Å². The Hall–Kier alpha value is -0.0800. The van der Waals surface area contributed by atoms with Gasteiger partial charge in [-0.1, -0.05) is 0 Å². The van der Waals surface area contributed by atoms with E-state index in [9.17, 15) is 0 Å². The molecule has 14 heavy (non-hydrogen) atoms. The summed E-state index contributed by atoms with van der Waals surface area (Å²) in [5.41, 5.74) is 0.319. The Bertz CT molecular complexity index is 146. The largest absolute Gasteiger partial charge is 0.317 e. The van der Waals surface area contributed by atoms with E-state index in [4.69, 9.17) is 0 Å². The minimum atomic E-state index is 0.319. The van der Waals surface area contributed by atoms with Gasteiger partial charge in [-0.15, -0.1) is 0 Å². The van der Waals surface area contributed by atoms with Crippen molar-refractivity contribution in [2.45, 2.75) is 51.5 Å². The van der Waals surface area contributed by atoms with Crippen molar-refractivity contribution in [3.63, 3.8) is 0 Å². The second-order valence-corrected chi connectivity index (χ2v) is 5.22. The SMILES string of the molecule is CNC(C)(C)CCC1CCCNCC1. The van der Waals surface area contributed by atoms with Crippen molar-refractivity contribution < 1.29 is 0 Å². The Kier molecular flexibility index (Phi) is 4.90. The molecule has 0 aromatic rings. The van der Waals surface area contributed by atoms with Gasteiger partial charge >= 0.3 is 0 Å². The van der Waals surface area contributed by atoms with Crippen LogP contribution in [-0.2, 0) is 0 Å². The Balaban J connectivity index is 2.22. The fourth-order valence-corrected chi connectivity index (χ4v) is 2.07. The molecule has 0 amide bonds. The van der Waals surface area contributed by atoms with Gasteiger partial charge in [-0.05, 0) is 72.0 Å². The molecular formula is C12H26N2. The molecule has 2 nitrogen and oxygen atoms in total. The van der Waals surface area contributed by atoms with E-state index < -0.39 is 0 Å². The van der Waals surface area contributed by atoms with Gasteiger partial charge in [-0.25, -0.2) is 0 Å². The van der Waals surface area contributed by atoms with E-state index in [1.165, 1.54) is 45.2 Å². The molecule has 0 saturated carbocycles. The summed E-state index contributed by atoms with van der Waals surface area (Å²) >= 11 is 0. The summed E-state index contributed by atoms with van der Waals surface area (Å²) in [6.45, 7) is 7.04. The van der Waals surface area contributed by atoms with Gasteiger partial charge < -0.3 is 10.6 Å². The van der Waals surface area contributed by atoms with E-state index in [-0.39, 0.29) is 0 Å². The molecule has 2 N–H and O–H groups in total. The fraction of sp³-hybridized carbons (Fsp3) is 1.00. The van der Waals surface area contributed by atoms with Crippen molar-refractivity contribution in [3.8, 4) is 0 Å². The summed E-state index contributed by atoms with van der Waals surface area (Å²) in [6.07, 6.45) is 6.85. The predicted octanol–water partition coefficient (Wildman–Crippen LogP) is 2.15. The van der Waals surface area contributed by atoms with Crippen LogP contribution in [0.25, 0.3) is 0 Å².